The van der Waals surface area contributed by atoms with E-state index < -0.39 is 35.6 Å². The number of nitrogens with zero attached hydrogens (tertiary/aromatic N) is 4. The molecule has 2 aromatic rings. The van der Waals surface area contributed by atoms with E-state index in [9.17, 15) is 5.11 Å². The molecule has 0 aliphatic carbocycles. The van der Waals surface area contributed by atoms with Crippen LogP contribution in [0.3, 0.4) is 0 Å². The molecular formula is C12H18N5O3PY. The summed E-state index contributed by atoms with van der Waals surface area (Å²) in [5.74, 6) is 0.801. The molecule has 2 unspecified atom stereocenters. The van der Waals surface area contributed by atoms with E-state index in [4.69, 9.17) is 9.26 Å². The van der Waals surface area contributed by atoms with Crippen LogP contribution in [0, 0.1) is 0 Å². The predicted octanol–water partition coefficient (Wildman–Crippen LogP) is 1.13. The van der Waals surface area contributed by atoms with Gasteiger partial charge in [0.25, 0.3) is 0 Å². The van der Waals surface area contributed by atoms with Crippen molar-refractivity contribution in [3.63, 3.8) is 0 Å². The van der Waals surface area contributed by atoms with E-state index in [0.29, 0.717) is 13.0 Å². The number of ether oxygens (including phenoxy) is 1. The Balaban J connectivity index is 1.86. The standard InChI is InChI=1S/C10H13N5O3P.C2H5.Y/c11-9-8-10(13-3-12-9)15(4-14-8)7-1-5(16)6(18-7)2-17-19;1-2;/h3-7,16H,1-2,19H2,(H-,11,12,13);1H2,2H3;/q-1;;+1/t5?,6-,7-;;/m1../s1. The van der Waals surface area contributed by atoms with Crippen molar-refractivity contribution in [2.75, 3.05) is 9.06 Å². The van der Waals surface area contributed by atoms with E-state index in [0.717, 1.165) is 17.0 Å². The normalized spacial score (nSPS) is 24.6. The van der Waals surface area contributed by atoms with Crippen LogP contribution in [0.1, 0.15) is 19.6 Å². The molecule has 0 spiro atoms. The van der Waals surface area contributed by atoms with Gasteiger partial charge in [-0.25, -0.2) is 0 Å². The number of imidazole rings is 1. The second-order valence-electron chi connectivity index (χ2n) is 5.07. The number of anilines is 1. The van der Waals surface area contributed by atoms with Crippen LogP contribution in [0.2, 0.25) is 3.23 Å². The van der Waals surface area contributed by atoms with Crippen LogP contribution in [-0.4, -0.2) is 43.4 Å². The maximum absolute atomic E-state index is 10.0. The van der Waals surface area contributed by atoms with Gasteiger partial charge in [-0.05, 0) is 0 Å². The number of rotatable bonds is 6. The van der Waals surface area contributed by atoms with Crippen molar-refractivity contribution in [3.05, 3.63) is 12.7 Å². The Morgan fingerprint density at radius 1 is 1.55 bits per heavy atom. The van der Waals surface area contributed by atoms with Crippen molar-refractivity contribution in [2.45, 2.75) is 35.0 Å². The second-order valence-corrected chi connectivity index (χ2v) is 9.12. The number of hydrogen-bond donors (Lipinski definition) is 2. The molecule has 1 aliphatic heterocycles. The number of nitrogens with one attached hydrogen (secondary N) is 1. The molecule has 0 bridgehead atoms. The van der Waals surface area contributed by atoms with Gasteiger partial charge in [-0.2, -0.15) is 0 Å². The minimum absolute atomic E-state index is 0.291. The van der Waals surface area contributed by atoms with Crippen molar-refractivity contribution < 1.29 is 43.9 Å². The average molecular weight is 400 g/mol. The van der Waals surface area contributed by atoms with Crippen molar-refractivity contribution in [1.82, 2.24) is 19.5 Å². The average Bonchev–Trinajstić information content (AvgIpc) is 3.10. The third kappa shape index (κ3) is 3.32. The zero-order chi connectivity index (χ0) is 15.5. The van der Waals surface area contributed by atoms with E-state index in [1.807, 2.05) is 4.57 Å². The van der Waals surface area contributed by atoms with Gasteiger partial charge in [0, 0.05) is 0 Å². The molecule has 1 aliphatic rings. The van der Waals surface area contributed by atoms with E-state index in [-0.39, 0.29) is 12.3 Å². The topological polar surface area (TPSA) is 94.3 Å². The molecule has 22 heavy (non-hydrogen) atoms. The van der Waals surface area contributed by atoms with Crippen LogP contribution >= 0.6 is 9.47 Å². The Bertz CT molecular complexity index is 642. The molecule has 0 amide bonds. The molecule has 8 nitrogen and oxygen atoms in total. The fourth-order valence-electron chi connectivity index (χ4n) is 2.50. The Hall–Kier alpha value is -0.236. The number of aliphatic hydroxyl groups is 1. The zero-order valence-electron chi connectivity index (χ0n) is 12.2. The Morgan fingerprint density at radius 3 is 3.18 bits per heavy atom. The monoisotopic (exact) mass is 400 g/mol. The van der Waals surface area contributed by atoms with Gasteiger partial charge >= 0.3 is 147 Å². The summed E-state index contributed by atoms with van der Waals surface area (Å²) in [7, 11) is 2.17. The fourth-order valence-corrected chi connectivity index (χ4v) is 4.18. The van der Waals surface area contributed by atoms with Crippen molar-refractivity contribution in [3.8, 4) is 0 Å². The summed E-state index contributed by atoms with van der Waals surface area (Å²) in [5.41, 5.74) is 1.48. The summed E-state index contributed by atoms with van der Waals surface area (Å²) in [6.07, 6.45) is 2.54. The molecule has 4 atom stereocenters. The molecule has 3 rings (SSSR count). The molecule has 2 aromatic heterocycles. The molecular weight excluding hydrogens is 382 g/mol. The van der Waals surface area contributed by atoms with Gasteiger partial charge in [-0.15, -0.1) is 0 Å². The molecule has 0 saturated carbocycles. The van der Waals surface area contributed by atoms with Gasteiger partial charge in [0.1, 0.15) is 0 Å². The van der Waals surface area contributed by atoms with Gasteiger partial charge in [-0.3, -0.25) is 0 Å². The van der Waals surface area contributed by atoms with Crippen molar-refractivity contribution >= 4 is 26.4 Å². The summed E-state index contributed by atoms with van der Waals surface area (Å²) < 4.78 is 17.3. The first-order valence-electron chi connectivity index (χ1n) is 7.15. The summed E-state index contributed by atoms with van der Waals surface area (Å²) in [6, 6.07) is 0. The number of fused-ring (bicyclic) bond motifs is 1. The van der Waals surface area contributed by atoms with Gasteiger partial charge in [0.15, 0.2) is 0 Å². The first kappa shape index (κ1) is 16.6. The summed E-state index contributed by atoms with van der Waals surface area (Å²) in [6.45, 7) is 2.51. The van der Waals surface area contributed by atoms with Gasteiger partial charge in [0.05, 0.1) is 0 Å². The Labute approximate surface area is 146 Å². The van der Waals surface area contributed by atoms with Crippen molar-refractivity contribution in [1.29, 1.82) is 0 Å². The van der Waals surface area contributed by atoms with Crippen molar-refractivity contribution in [2.24, 2.45) is 0 Å². The molecule has 0 aromatic carbocycles. The van der Waals surface area contributed by atoms with Gasteiger partial charge in [0.2, 0.25) is 0 Å². The van der Waals surface area contributed by atoms with Crippen LogP contribution in [-0.2, 0) is 38.8 Å². The molecule has 3 heterocycles. The van der Waals surface area contributed by atoms with E-state index in [1.165, 1.54) is 9.56 Å². The second kappa shape index (κ2) is 7.56. The fraction of sp³-hybridized carbons (Fsp3) is 0.583. The minimum atomic E-state index is -0.819. The molecule has 117 valence electrons. The molecule has 2 N–H and O–H groups in total. The van der Waals surface area contributed by atoms with Crippen LogP contribution in [0.15, 0.2) is 12.7 Å². The molecule has 0 radical (unpaired) electrons. The third-order valence-electron chi connectivity index (χ3n) is 3.58. The number of aromatic nitrogens is 4. The summed E-state index contributed by atoms with van der Waals surface area (Å²) in [5, 5.41) is 10.0. The zero-order valence-corrected chi connectivity index (χ0v) is 16.2. The van der Waals surface area contributed by atoms with E-state index in [1.54, 1.807) is 6.33 Å². The van der Waals surface area contributed by atoms with E-state index in [2.05, 4.69) is 33.8 Å². The number of aliphatic hydroxyl groups excluding tert-OH is 1. The summed E-state index contributed by atoms with van der Waals surface area (Å²) >= 11 is -0.819. The SMILES string of the molecule is C[CH2][Y][NH]c1ncnc2c1ncn2[C@H]1CC(O)[C@@H](COP)O1. The van der Waals surface area contributed by atoms with Gasteiger partial charge < -0.3 is 0 Å². The molecule has 1 saturated heterocycles. The number of hydrogen-bond acceptors (Lipinski definition) is 7. The third-order valence-corrected chi connectivity index (χ3v) is 5.95. The summed E-state index contributed by atoms with van der Waals surface area (Å²) in [4.78, 5) is 13.0. The van der Waals surface area contributed by atoms with Crippen LogP contribution in [0.4, 0.5) is 5.82 Å². The van der Waals surface area contributed by atoms with Crippen LogP contribution in [0.25, 0.3) is 11.2 Å². The predicted molar refractivity (Wildman–Crippen MR) is 79.6 cm³/mol. The maximum atomic E-state index is 10.0. The quantitative estimate of drug-likeness (QED) is 0.703. The van der Waals surface area contributed by atoms with E-state index >= 15 is 0 Å². The first-order valence-corrected chi connectivity index (χ1v) is 11.0. The van der Waals surface area contributed by atoms with Crippen LogP contribution < -0.4 is 2.45 Å². The molecule has 10 heteroatoms. The van der Waals surface area contributed by atoms with Gasteiger partial charge in [-0.1, -0.05) is 0 Å². The molecule has 1 fully saturated rings. The van der Waals surface area contributed by atoms with Crippen LogP contribution in [0.5, 0.6) is 0 Å². The Morgan fingerprint density at radius 2 is 2.41 bits per heavy atom. The first-order chi connectivity index (χ1) is 10.7. The Kier molecular flexibility index (Phi) is 5.71.